The first-order valence-electron chi connectivity index (χ1n) is 8.31. The van der Waals surface area contributed by atoms with Crippen molar-refractivity contribution in [2.75, 3.05) is 20.2 Å². The van der Waals surface area contributed by atoms with Gasteiger partial charge in [-0.15, -0.1) is 11.3 Å². The van der Waals surface area contributed by atoms with E-state index in [2.05, 4.69) is 44.1 Å². The molecule has 1 aromatic heterocycles. The highest BCUT2D eigenvalue weighted by molar-refractivity contribution is 7.16. The fourth-order valence-electron chi connectivity index (χ4n) is 3.93. The molecule has 2 aliphatic rings. The highest BCUT2D eigenvalue weighted by Crippen LogP contribution is 2.52. The van der Waals surface area contributed by atoms with Crippen LogP contribution in [-0.4, -0.2) is 43.2 Å². The van der Waals surface area contributed by atoms with E-state index in [9.17, 15) is 0 Å². The van der Waals surface area contributed by atoms with E-state index in [0.29, 0.717) is 18.1 Å². The second-order valence-electron chi connectivity index (χ2n) is 7.05. The van der Waals surface area contributed by atoms with E-state index < -0.39 is 0 Å². The Balaban J connectivity index is 1.68. The normalized spacial score (nSPS) is 29.1. The summed E-state index contributed by atoms with van der Waals surface area (Å²) in [6.07, 6.45) is 1.54. The van der Waals surface area contributed by atoms with Crippen molar-refractivity contribution in [1.29, 1.82) is 0 Å². The summed E-state index contributed by atoms with van der Waals surface area (Å²) in [5.74, 6) is 1.58. The maximum absolute atomic E-state index is 6.04. The lowest BCUT2D eigenvalue weighted by atomic mass is 9.57. The molecule has 0 amide bonds. The van der Waals surface area contributed by atoms with Gasteiger partial charge >= 0.3 is 0 Å². The third-order valence-corrected chi connectivity index (χ3v) is 6.29. The summed E-state index contributed by atoms with van der Waals surface area (Å²) in [6.45, 7) is 9.14. The molecule has 3 rings (SSSR count). The summed E-state index contributed by atoms with van der Waals surface area (Å²) in [6, 6.07) is 4.46. The molecule has 6 heteroatoms. The Morgan fingerprint density at radius 3 is 2.96 bits per heavy atom. The summed E-state index contributed by atoms with van der Waals surface area (Å²) >= 11 is 7.67. The Bertz CT molecular complexity index is 586. The van der Waals surface area contributed by atoms with Crippen LogP contribution >= 0.6 is 22.9 Å². The van der Waals surface area contributed by atoms with Crippen LogP contribution in [0.3, 0.4) is 0 Å². The van der Waals surface area contributed by atoms with Crippen LogP contribution in [0.4, 0.5) is 0 Å². The molecule has 0 bridgehead atoms. The molecule has 1 N–H and O–H groups in total. The van der Waals surface area contributed by atoms with Crippen molar-refractivity contribution >= 4 is 28.9 Å². The second kappa shape index (κ2) is 6.61. The minimum Gasteiger partial charge on any atom is -0.377 e. The molecule has 0 spiro atoms. The fourth-order valence-corrected chi connectivity index (χ4v) is 5.07. The average molecular weight is 356 g/mol. The van der Waals surface area contributed by atoms with Crippen molar-refractivity contribution in [1.82, 2.24) is 10.2 Å². The number of thiophene rings is 1. The Morgan fingerprint density at radius 1 is 1.52 bits per heavy atom. The van der Waals surface area contributed by atoms with Crippen LogP contribution in [0, 0.1) is 11.3 Å². The molecular formula is C17H26ClN3OS. The second-order valence-corrected chi connectivity index (χ2v) is 8.85. The summed E-state index contributed by atoms with van der Waals surface area (Å²) in [5, 5.41) is 3.71. The van der Waals surface area contributed by atoms with Crippen molar-refractivity contribution in [3.8, 4) is 0 Å². The molecule has 3 unspecified atom stereocenters. The van der Waals surface area contributed by atoms with Gasteiger partial charge in [0.2, 0.25) is 0 Å². The predicted octanol–water partition coefficient (Wildman–Crippen LogP) is 3.61. The molecule has 128 valence electrons. The van der Waals surface area contributed by atoms with Gasteiger partial charge in [0, 0.05) is 42.5 Å². The van der Waals surface area contributed by atoms with Gasteiger partial charge in [-0.1, -0.05) is 25.4 Å². The van der Waals surface area contributed by atoms with E-state index in [1.54, 1.807) is 11.3 Å². The molecule has 3 atom stereocenters. The van der Waals surface area contributed by atoms with E-state index in [-0.39, 0.29) is 5.41 Å². The van der Waals surface area contributed by atoms with Gasteiger partial charge in [-0.25, -0.2) is 0 Å². The van der Waals surface area contributed by atoms with Crippen LogP contribution in [0.2, 0.25) is 4.34 Å². The van der Waals surface area contributed by atoms with Crippen molar-refractivity contribution in [2.45, 2.75) is 45.9 Å². The Hall–Kier alpha value is -0.780. The molecule has 1 saturated heterocycles. The highest BCUT2D eigenvalue weighted by atomic mass is 35.5. The van der Waals surface area contributed by atoms with Crippen LogP contribution in [-0.2, 0) is 11.3 Å². The van der Waals surface area contributed by atoms with Crippen molar-refractivity contribution < 1.29 is 4.74 Å². The van der Waals surface area contributed by atoms with Crippen LogP contribution in [0.25, 0.3) is 0 Å². The predicted molar refractivity (Wildman–Crippen MR) is 97.3 cm³/mol. The zero-order valence-corrected chi connectivity index (χ0v) is 15.9. The largest absolute Gasteiger partial charge is 0.377 e. The van der Waals surface area contributed by atoms with Gasteiger partial charge in [0.1, 0.15) is 0 Å². The number of nitrogens with zero attached hydrogens (tertiary/aromatic N) is 2. The molecule has 2 fully saturated rings. The van der Waals surface area contributed by atoms with E-state index in [1.807, 2.05) is 6.07 Å². The lowest BCUT2D eigenvalue weighted by Gasteiger charge is -2.55. The van der Waals surface area contributed by atoms with E-state index in [4.69, 9.17) is 21.3 Å². The summed E-state index contributed by atoms with van der Waals surface area (Å²) < 4.78 is 6.73. The molecular weight excluding hydrogens is 330 g/mol. The first kappa shape index (κ1) is 17.1. The van der Waals surface area contributed by atoms with Crippen LogP contribution in [0.5, 0.6) is 0 Å². The van der Waals surface area contributed by atoms with Gasteiger partial charge in [0.05, 0.1) is 17.0 Å². The molecule has 1 aromatic rings. The minimum atomic E-state index is 0.156. The van der Waals surface area contributed by atoms with Crippen LogP contribution < -0.4 is 5.32 Å². The van der Waals surface area contributed by atoms with E-state index in [0.717, 1.165) is 36.4 Å². The Labute approximate surface area is 147 Å². The topological polar surface area (TPSA) is 36.9 Å². The smallest absolute Gasteiger partial charge is 0.194 e. The SMILES string of the molecule is CCN=C(NC1C2CCOC2C1(C)C)N(C)Cc1ccc(Cl)s1. The zero-order chi connectivity index (χ0) is 16.6. The monoisotopic (exact) mass is 355 g/mol. The zero-order valence-electron chi connectivity index (χ0n) is 14.3. The standard InChI is InChI=1S/C17H26ClN3OS/c1-5-19-16(21(4)10-11-6-7-13(18)23-11)20-14-12-8-9-22-15(12)17(14,2)3/h6-7,12,14-15H,5,8-10H2,1-4H3,(H,19,20). The molecule has 0 radical (unpaired) electrons. The number of guanidine groups is 1. The average Bonchev–Trinajstić information content (AvgIpc) is 3.11. The number of hydrogen-bond donors (Lipinski definition) is 1. The van der Waals surface area contributed by atoms with Crippen molar-refractivity contribution in [3.63, 3.8) is 0 Å². The third-order valence-electron chi connectivity index (χ3n) is 5.08. The van der Waals surface area contributed by atoms with E-state index >= 15 is 0 Å². The molecule has 2 heterocycles. The maximum atomic E-state index is 6.04. The number of hydrogen-bond acceptors (Lipinski definition) is 3. The summed E-state index contributed by atoms with van der Waals surface area (Å²) in [4.78, 5) is 8.12. The molecule has 1 aliphatic carbocycles. The number of rotatable bonds is 4. The fraction of sp³-hybridized carbons (Fsp3) is 0.706. The Morgan fingerprint density at radius 2 is 2.30 bits per heavy atom. The van der Waals surface area contributed by atoms with Crippen LogP contribution in [0.1, 0.15) is 32.1 Å². The van der Waals surface area contributed by atoms with Gasteiger partial charge in [-0.05, 0) is 25.5 Å². The van der Waals surface area contributed by atoms with Gasteiger partial charge < -0.3 is 15.0 Å². The molecule has 1 aliphatic heterocycles. The lowest BCUT2D eigenvalue weighted by Crippen LogP contribution is -2.67. The highest BCUT2D eigenvalue weighted by Gasteiger charge is 2.59. The maximum Gasteiger partial charge on any atom is 0.194 e. The number of ether oxygens (including phenoxy) is 1. The molecule has 0 aromatic carbocycles. The van der Waals surface area contributed by atoms with E-state index in [1.165, 1.54) is 4.88 Å². The summed E-state index contributed by atoms with van der Waals surface area (Å²) in [7, 11) is 2.09. The number of aliphatic imine (C=N–C) groups is 1. The first-order valence-corrected chi connectivity index (χ1v) is 9.51. The first-order chi connectivity index (χ1) is 10.9. The lowest BCUT2D eigenvalue weighted by molar-refractivity contribution is -0.107. The van der Waals surface area contributed by atoms with Crippen LogP contribution in [0.15, 0.2) is 17.1 Å². The van der Waals surface area contributed by atoms with Crippen molar-refractivity contribution in [3.05, 3.63) is 21.3 Å². The number of halogens is 1. The van der Waals surface area contributed by atoms with Gasteiger partial charge in [-0.2, -0.15) is 0 Å². The number of fused-ring (bicyclic) bond motifs is 1. The molecule has 4 nitrogen and oxygen atoms in total. The van der Waals surface area contributed by atoms with Gasteiger partial charge in [0.25, 0.3) is 0 Å². The Kier molecular flexibility index (Phi) is 4.90. The quantitative estimate of drug-likeness (QED) is 0.662. The minimum absolute atomic E-state index is 0.156. The molecule has 1 saturated carbocycles. The summed E-state index contributed by atoms with van der Waals surface area (Å²) in [5.41, 5.74) is 0.156. The third kappa shape index (κ3) is 3.24. The van der Waals surface area contributed by atoms with Crippen molar-refractivity contribution in [2.24, 2.45) is 16.3 Å². The molecule has 23 heavy (non-hydrogen) atoms. The number of nitrogens with one attached hydrogen (secondary N) is 1. The van der Waals surface area contributed by atoms with Gasteiger partial charge in [0.15, 0.2) is 5.96 Å². The van der Waals surface area contributed by atoms with Gasteiger partial charge in [-0.3, -0.25) is 4.99 Å².